The molecule has 6 nitrogen and oxygen atoms in total. The first-order valence-electron chi connectivity index (χ1n) is 7.55. The summed E-state index contributed by atoms with van der Waals surface area (Å²) < 4.78 is 36.7. The summed E-state index contributed by atoms with van der Waals surface area (Å²) in [5.41, 5.74) is 0.985. The van der Waals surface area contributed by atoms with Crippen molar-refractivity contribution in [3.63, 3.8) is 0 Å². The highest BCUT2D eigenvalue weighted by atomic mass is 32.2. The molecule has 7 heteroatoms. The number of nitrogens with zero attached hydrogens (tertiary/aromatic N) is 2. The summed E-state index contributed by atoms with van der Waals surface area (Å²) in [6, 6.07) is 11.9. The Morgan fingerprint density at radius 1 is 0.920 bits per heavy atom. The predicted octanol–water partition coefficient (Wildman–Crippen LogP) is 2.98. The van der Waals surface area contributed by atoms with Gasteiger partial charge in [-0.15, -0.1) is 0 Å². The standard InChI is InChI=1S/C18H18N2O4S/c1-13-4-6-16(7-5-13)25(21,22)19-20-9-8-14-10-17(23-2)18(24-3)11-15(14)12-20/h4-12H,1-3H3. The van der Waals surface area contributed by atoms with Gasteiger partial charge in [-0.25, -0.2) is 13.1 Å². The summed E-state index contributed by atoms with van der Waals surface area (Å²) in [4.78, 5) is 4.01. The van der Waals surface area contributed by atoms with Gasteiger partial charge in [0.15, 0.2) is 33.9 Å². The minimum absolute atomic E-state index is 0.151. The topological polar surface area (TPSA) is 70.6 Å². The van der Waals surface area contributed by atoms with Gasteiger partial charge in [-0.3, -0.25) is 0 Å². The normalized spacial score (nSPS) is 11.3. The number of aryl methyl sites for hydroxylation is 1. The van der Waals surface area contributed by atoms with Crippen LogP contribution in [0.25, 0.3) is 15.6 Å². The van der Waals surface area contributed by atoms with Crippen LogP contribution in [0.2, 0.25) is 0 Å². The Morgan fingerprint density at radius 3 is 2.12 bits per heavy atom. The number of pyridine rings is 1. The molecule has 0 N–H and O–H groups in total. The average Bonchev–Trinajstić information content (AvgIpc) is 2.60. The fourth-order valence-corrected chi connectivity index (χ4v) is 3.37. The van der Waals surface area contributed by atoms with E-state index in [0.717, 1.165) is 16.3 Å². The molecule has 130 valence electrons. The van der Waals surface area contributed by atoms with Crippen molar-refractivity contribution in [1.29, 1.82) is 0 Å². The molecule has 25 heavy (non-hydrogen) atoms. The van der Waals surface area contributed by atoms with E-state index >= 15 is 0 Å². The van der Waals surface area contributed by atoms with E-state index in [-0.39, 0.29) is 4.90 Å². The lowest BCUT2D eigenvalue weighted by Gasteiger charge is -2.15. The van der Waals surface area contributed by atoms with E-state index < -0.39 is 10.0 Å². The van der Waals surface area contributed by atoms with Crippen LogP contribution in [-0.4, -0.2) is 22.6 Å². The molecule has 1 aromatic heterocycles. The van der Waals surface area contributed by atoms with Crippen LogP contribution < -0.4 is 14.1 Å². The smallest absolute Gasteiger partial charge is 0.172 e. The molecule has 0 spiro atoms. The van der Waals surface area contributed by atoms with Gasteiger partial charge in [-0.1, -0.05) is 17.7 Å². The molecule has 0 aliphatic heterocycles. The third-order valence-electron chi connectivity index (χ3n) is 3.79. The molecule has 0 bridgehead atoms. The van der Waals surface area contributed by atoms with Crippen molar-refractivity contribution in [1.82, 2.24) is 0 Å². The number of rotatable bonds is 5. The Hall–Kier alpha value is -2.80. The van der Waals surface area contributed by atoms with Crippen LogP contribution in [0.1, 0.15) is 5.56 Å². The molecular formula is C18H18N2O4S. The molecule has 0 amide bonds. The zero-order chi connectivity index (χ0) is 18.0. The SMILES string of the molecule is COc1cc2cc[n+]([N-]S(=O)(=O)c3ccc(C)cc3)cc2cc1OC. The van der Waals surface area contributed by atoms with Crippen molar-refractivity contribution < 1.29 is 22.6 Å². The van der Waals surface area contributed by atoms with Crippen LogP contribution in [0.3, 0.4) is 0 Å². The van der Waals surface area contributed by atoms with Crippen molar-refractivity contribution >= 4 is 20.8 Å². The van der Waals surface area contributed by atoms with Crippen LogP contribution in [0, 0.1) is 6.92 Å². The van der Waals surface area contributed by atoms with Gasteiger partial charge in [-0.2, -0.15) is 0 Å². The number of benzene rings is 2. The fourth-order valence-electron chi connectivity index (χ4n) is 2.44. The number of hydrogen-bond acceptors (Lipinski definition) is 4. The summed E-state index contributed by atoms with van der Waals surface area (Å²) in [6.45, 7) is 1.90. The molecule has 2 aromatic carbocycles. The molecule has 0 saturated heterocycles. The van der Waals surface area contributed by atoms with Gasteiger partial charge >= 0.3 is 0 Å². The molecule has 0 aliphatic carbocycles. The van der Waals surface area contributed by atoms with Crippen molar-refractivity contribution in [2.45, 2.75) is 11.8 Å². The van der Waals surface area contributed by atoms with Gasteiger partial charge in [0.25, 0.3) is 0 Å². The summed E-state index contributed by atoms with van der Waals surface area (Å²) in [7, 11) is -0.681. The highest BCUT2D eigenvalue weighted by molar-refractivity contribution is 7.93. The second kappa shape index (κ2) is 6.60. The van der Waals surface area contributed by atoms with Crippen LogP contribution in [0.15, 0.2) is 59.8 Å². The van der Waals surface area contributed by atoms with Gasteiger partial charge in [0.05, 0.1) is 19.1 Å². The minimum Gasteiger partial charge on any atom is -0.493 e. The summed E-state index contributed by atoms with van der Waals surface area (Å²) in [6.07, 6.45) is 3.21. The average molecular weight is 358 g/mol. The number of fused-ring (bicyclic) bond motifs is 1. The Labute approximate surface area is 146 Å². The molecule has 0 saturated carbocycles. The summed E-state index contributed by atoms with van der Waals surface area (Å²) in [5.74, 6) is 1.17. The Bertz CT molecular complexity index is 1020. The summed E-state index contributed by atoms with van der Waals surface area (Å²) >= 11 is 0. The third-order valence-corrected chi connectivity index (χ3v) is 5.06. The van der Waals surface area contributed by atoms with Gasteiger partial charge in [-0.05, 0) is 36.6 Å². The highest BCUT2D eigenvalue weighted by Crippen LogP contribution is 2.31. The first-order valence-corrected chi connectivity index (χ1v) is 8.99. The Morgan fingerprint density at radius 2 is 1.52 bits per heavy atom. The number of sulfonamides is 1. The number of hydrogen-bond donors (Lipinski definition) is 0. The molecule has 0 fully saturated rings. The largest absolute Gasteiger partial charge is 0.493 e. The first kappa shape index (κ1) is 17.0. The zero-order valence-corrected chi connectivity index (χ0v) is 14.9. The maximum atomic E-state index is 12.4. The molecule has 3 aromatic rings. The lowest BCUT2D eigenvalue weighted by Crippen LogP contribution is -2.31. The minimum atomic E-state index is -3.80. The second-order valence-corrected chi connectivity index (χ2v) is 7.12. The van der Waals surface area contributed by atoms with Crippen LogP contribution in [-0.2, 0) is 10.0 Å². The van der Waals surface area contributed by atoms with Crippen LogP contribution in [0.5, 0.6) is 11.5 Å². The predicted molar refractivity (Wildman–Crippen MR) is 94.4 cm³/mol. The van der Waals surface area contributed by atoms with E-state index in [9.17, 15) is 8.42 Å². The lowest BCUT2D eigenvalue weighted by atomic mass is 10.1. The monoisotopic (exact) mass is 358 g/mol. The first-order chi connectivity index (χ1) is 11.9. The van der Waals surface area contributed by atoms with Crippen LogP contribution in [0.4, 0.5) is 0 Å². The van der Waals surface area contributed by atoms with Gasteiger partial charge in [0.2, 0.25) is 0 Å². The van der Waals surface area contributed by atoms with E-state index in [4.69, 9.17) is 9.47 Å². The summed E-state index contributed by atoms with van der Waals surface area (Å²) in [5, 5.41) is 1.67. The van der Waals surface area contributed by atoms with E-state index in [0.29, 0.717) is 11.5 Å². The third kappa shape index (κ3) is 3.51. The van der Waals surface area contributed by atoms with E-state index in [1.165, 1.54) is 4.68 Å². The van der Waals surface area contributed by atoms with Gasteiger partial charge in [0.1, 0.15) is 0 Å². The van der Waals surface area contributed by atoms with Crippen molar-refractivity contribution in [3.8, 4) is 11.5 Å². The second-order valence-electron chi connectivity index (χ2n) is 5.53. The van der Waals surface area contributed by atoms with Gasteiger partial charge < -0.3 is 14.3 Å². The van der Waals surface area contributed by atoms with Gasteiger partial charge in [0, 0.05) is 11.5 Å². The molecule has 0 unspecified atom stereocenters. The fraction of sp³-hybridized carbons (Fsp3) is 0.167. The number of aromatic nitrogens is 1. The van der Waals surface area contributed by atoms with Crippen LogP contribution >= 0.6 is 0 Å². The molecular weight excluding hydrogens is 340 g/mol. The van der Waals surface area contributed by atoms with Crippen molar-refractivity contribution in [2.75, 3.05) is 14.2 Å². The Kier molecular flexibility index (Phi) is 4.50. The maximum absolute atomic E-state index is 12.4. The molecule has 3 rings (SSSR count). The maximum Gasteiger partial charge on any atom is 0.172 e. The Balaban J connectivity index is 1.97. The zero-order valence-electron chi connectivity index (χ0n) is 14.1. The van der Waals surface area contributed by atoms with E-state index in [1.54, 1.807) is 63.0 Å². The lowest BCUT2D eigenvalue weighted by molar-refractivity contribution is -0.612. The highest BCUT2D eigenvalue weighted by Gasteiger charge is 2.11. The number of ether oxygens (including phenoxy) is 2. The van der Waals surface area contributed by atoms with Crippen molar-refractivity contribution in [3.05, 3.63) is 65.3 Å². The molecule has 1 heterocycles. The van der Waals surface area contributed by atoms with E-state index in [2.05, 4.69) is 4.83 Å². The molecule has 0 radical (unpaired) electrons. The molecule has 0 atom stereocenters. The van der Waals surface area contributed by atoms with Crippen molar-refractivity contribution in [2.24, 2.45) is 0 Å². The molecule has 0 aliphatic rings. The quantitative estimate of drug-likeness (QED) is 0.658. The number of methoxy groups -OCH3 is 2. The van der Waals surface area contributed by atoms with E-state index in [1.807, 2.05) is 13.0 Å².